The van der Waals surface area contributed by atoms with E-state index in [0.717, 1.165) is 35.6 Å². The van der Waals surface area contributed by atoms with Gasteiger partial charge in [-0.3, -0.25) is 4.90 Å². The van der Waals surface area contributed by atoms with Gasteiger partial charge in [-0.2, -0.15) is 0 Å². The van der Waals surface area contributed by atoms with Crippen LogP contribution in [-0.4, -0.2) is 23.8 Å². The highest BCUT2D eigenvalue weighted by Crippen LogP contribution is 2.45. The fourth-order valence-electron chi connectivity index (χ4n) is 3.31. The topological polar surface area (TPSA) is 49.8 Å². The van der Waals surface area contributed by atoms with Crippen molar-refractivity contribution in [2.24, 2.45) is 0 Å². The van der Waals surface area contributed by atoms with Gasteiger partial charge < -0.3 is 9.84 Å². The highest BCUT2D eigenvalue weighted by atomic mass is 16.6. The molecule has 122 valence electrons. The molecule has 3 rings (SSSR count). The van der Waals surface area contributed by atoms with Gasteiger partial charge in [-0.15, -0.1) is 0 Å². The molecule has 4 heteroatoms. The standard InChI is InChI=1S/C19H23NO3/c1-19(2,3)23-18(22)20(4)16-14-11-7-10-12(14)13-8-5-6-9-15(13)17(16)21/h5-6,8-9,21H,7,10-11H2,1-4H3. The number of phenols is 1. The van der Waals surface area contributed by atoms with Gasteiger partial charge in [-0.1, -0.05) is 24.3 Å². The highest BCUT2D eigenvalue weighted by molar-refractivity contribution is 6.02. The third-order valence-corrected chi connectivity index (χ3v) is 4.24. The fourth-order valence-corrected chi connectivity index (χ4v) is 3.31. The van der Waals surface area contributed by atoms with E-state index in [2.05, 4.69) is 0 Å². The summed E-state index contributed by atoms with van der Waals surface area (Å²) in [4.78, 5) is 13.9. The summed E-state index contributed by atoms with van der Waals surface area (Å²) in [5, 5.41) is 12.7. The van der Waals surface area contributed by atoms with Crippen LogP contribution in [-0.2, 0) is 17.6 Å². The van der Waals surface area contributed by atoms with Crippen LogP contribution in [0.1, 0.15) is 38.3 Å². The number of aromatic hydroxyl groups is 1. The molecule has 2 aromatic carbocycles. The van der Waals surface area contributed by atoms with Crippen molar-refractivity contribution >= 4 is 22.6 Å². The second-order valence-electron chi connectivity index (χ2n) is 7.09. The van der Waals surface area contributed by atoms with Crippen molar-refractivity contribution in [2.45, 2.75) is 45.6 Å². The summed E-state index contributed by atoms with van der Waals surface area (Å²) in [5.41, 5.74) is 2.32. The monoisotopic (exact) mass is 313 g/mol. The molecule has 1 aliphatic rings. The van der Waals surface area contributed by atoms with Gasteiger partial charge in [0.25, 0.3) is 0 Å². The molecule has 0 fully saturated rings. The van der Waals surface area contributed by atoms with Crippen LogP contribution in [0.5, 0.6) is 5.75 Å². The summed E-state index contributed by atoms with van der Waals surface area (Å²) < 4.78 is 5.46. The third kappa shape index (κ3) is 2.74. The molecule has 4 nitrogen and oxygen atoms in total. The van der Waals surface area contributed by atoms with Crippen molar-refractivity contribution in [3.63, 3.8) is 0 Å². The van der Waals surface area contributed by atoms with Gasteiger partial charge in [0.05, 0.1) is 5.69 Å². The van der Waals surface area contributed by atoms with Crippen LogP contribution in [0.4, 0.5) is 10.5 Å². The molecule has 2 aromatic rings. The first kappa shape index (κ1) is 15.7. The van der Waals surface area contributed by atoms with Gasteiger partial charge in [0.1, 0.15) is 11.4 Å². The molecule has 0 saturated carbocycles. The summed E-state index contributed by atoms with van der Waals surface area (Å²) in [6.45, 7) is 5.51. The Bertz CT molecular complexity index is 774. The number of amides is 1. The lowest BCUT2D eigenvalue weighted by Crippen LogP contribution is -2.34. The first-order valence-corrected chi connectivity index (χ1v) is 8.01. The van der Waals surface area contributed by atoms with Gasteiger partial charge in [0, 0.05) is 12.4 Å². The maximum atomic E-state index is 12.4. The smallest absolute Gasteiger partial charge is 0.414 e. The van der Waals surface area contributed by atoms with Crippen LogP contribution in [0.2, 0.25) is 0 Å². The Morgan fingerprint density at radius 1 is 1.13 bits per heavy atom. The molecular formula is C19H23NO3. The van der Waals surface area contributed by atoms with Crippen molar-refractivity contribution in [2.75, 3.05) is 11.9 Å². The minimum Gasteiger partial charge on any atom is -0.505 e. The molecule has 1 amide bonds. The summed E-state index contributed by atoms with van der Waals surface area (Å²) in [7, 11) is 1.66. The quantitative estimate of drug-likeness (QED) is 0.848. The van der Waals surface area contributed by atoms with Crippen LogP contribution < -0.4 is 4.90 Å². The van der Waals surface area contributed by atoms with Crippen LogP contribution in [0.15, 0.2) is 24.3 Å². The Labute approximate surface area is 136 Å². The third-order valence-electron chi connectivity index (χ3n) is 4.24. The maximum Gasteiger partial charge on any atom is 0.414 e. The number of benzene rings is 2. The van der Waals surface area contributed by atoms with Crippen molar-refractivity contribution in [3.8, 4) is 5.75 Å². The number of phenolic OH excluding ortho intramolecular Hbond substituents is 1. The van der Waals surface area contributed by atoms with E-state index in [4.69, 9.17) is 4.74 Å². The number of rotatable bonds is 1. The van der Waals surface area contributed by atoms with E-state index in [1.165, 1.54) is 10.5 Å². The molecule has 0 heterocycles. The average Bonchev–Trinajstić information content (AvgIpc) is 2.95. The number of carbonyl (C=O) groups excluding carboxylic acids is 1. The SMILES string of the molecule is CN(C(=O)OC(C)(C)C)c1c2c(c3ccccc3c1O)CCC2. The first-order valence-electron chi connectivity index (χ1n) is 8.01. The maximum absolute atomic E-state index is 12.4. The van der Waals surface area contributed by atoms with E-state index in [0.29, 0.717) is 5.69 Å². The van der Waals surface area contributed by atoms with E-state index >= 15 is 0 Å². The number of ether oxygens (including phenoxy) is 1. The van der Waals surface area contributed by atoms with Crippen molar-refractivity contribution < 1.29 is 14.6 Å². The highest BCUT2D eigenvalue weighted by Gasteiger charge is 2.29. The minimum atomic E-state index is -0.568. The van der Waals surface area contributed by atoms with Gasteiger partial charge in [0.2, 0.25) is 0 Å². The lowest BCUT2D eigenvalue weighted by Gasteiger charge is -2.27. The second-order valence-corrected chi connectivity index (χ2v) is 7.09. The zero-order valence-corrected chi connectivity index (χ0v) is 14.1. The summed E-state index contributed by atoms with van der Waals surface area (Å²) >= 11 is 0. The van der Waals surface area contributed by atoms with Crippen LogP contribution in [0.3, 0.4) is 0 Å². The molecule has 1 aliphatic carbocycles. The van der Waals surface area contributed by atoms with Crippen LogP contribution in [0, 0.1) is 0 Å². The molecule has 0 spiro atoms. The molecule has 0 atom stereocenters. The van der Waals surface area contributed by atoms with E-state index in [-0.39, 0.29) is 5.75 Å². The van der Waals surface area contributed by atoms with Gasteiger partial charge in [-0.05, 0) is 56.5 Å². The molecule has 0 saturated heterocycles. The molecule has 0 aliphatic heterocycles. The Balaban J connectivity index is 2.14. The number of carbonyl (C=O) groups is 1. The first-order chi connectivity index (χ1) is 10.8. The average molecular weight is 313 g/mol. The number of hydrogen-bond acceptors (Lipinski definition) is 3. The molecule has 0 aromatic heterocycles. The largest absolute Gasteiger partial charge is 0.505 e. The predicted octanol–water partition coefficient (Wildman–Crippen LogP) is 4.41. The van der Waals surface area contributed by atoms with E-state index in [1.807, 2.05) is 45.0 Å². The normalized spacial score (nSPS) is 13.9. The summed E-state index contributed by atoms with van der Waals surface area (Å²) in [6, 6.07) is 7.82. The summed E-state index contributed by atoms with van der Waals surface area (Å²) in [5.74, 6) is 0.162. The molecular weight excluding hydrogens is 290 g/mol. The lowest BCUT2D eigenvalue weighted by molar-refractivity contribution is 0.0588. The van der Waals surface area contributed by atoms with Gasteiger partial charge in [-0.25, -0.2) is 4.79 Å². The number of fused-ring (bicyclic) bond motifs is 3. The van der Waals surface area contributed by atoms with Crippen molar-refractivity contribution in [1.29, 1.82) is 0 Å². The molecule has 1 N–H and O–H groups in total. The molecule has 0 radical (unpaired) electrons. The molecule has 23 heavy (non-hydrogen) atoms. The van der Waals surface area contributed by atoms with Crippen molar-refractivity contribution in [3.05, 3.63) is 35.4 Å². The lowest BCUT2D eigenvalue weighted by atomic mass is 9.97. The van der Waals surface area contributed by atoms with Crippen LogP contribution in [0.25, 0.3) is 10.8 Å². The Hall–Kier alpha value is -2.23. The fraction of sp³-hybridized carbons (Fsp3) is 0.421. The number of hydrogen-bond donors (Lipinski definition) is 1. The van der Waals surface area contributed by atoms with E-state index < -0.39 is 11.7 Å². The summed E-state index contributed by atoms with van der Waals surface area (Å²) in [6.07, 6.45) is 2.44. The van der Waals surface area contributed by atoms with Crippen molar-refractivity contribution in [1.82, 2.24) is 0 Å². The van der Waals surface area contributed by atoms with E-state index in [1.54, 1.807) is 7.05 Å². The molecule has 0 bridgehead atoms. The number of anilines is 1. The Kier molecular flexibility index (Phi) is 3.71. The zero-order chi connectivity index (χ0) is 16.8. The zero-order valence-electron chi connectivity index (χ0n) is 14.1. The number of aryl methyl sites for hydroxylation is 1. The van der Waals surface area contributed by atoms with Gasteiger partial charge in [0.15, 0.2) is 0 Å². The molecule has 0 unspecified atom stereocenters. The van der Waals surface area contributed by atoms with Gasteiger partial charge >= 0.3 is 6.09 Å². The Morgan fingerprint density at radius 2 is 1.74 bits per heavy atom. The minimum absolute atomic E-state index is 0.162. The number of nitrogens with zero attached hydrogens (tertiary/aromatic N) is 1. The van der Waals surface area contributed by atoms with E-state index in [9.17, 15) is 9.90 Å². The Morgan fingerprint density at radius 3 is 2.39 bits per heavy atom. The second kappa shape index (κ2) is 5.44. The predicted molar refractivity (Wildman–Crippen MR) is 92.3 cm³/mol. The van der Waals surface area contributed by atoms with Crippen LogP contribution >= 0.6 is 0 Å².